The Balaban J connectivity index is 1.95. The molecule has 6 heteroatoms. The number of carbonyl (C=O) groups is 1. The Kier molecular flexibility index (Phi) is 5.12. The number of benzene rings is 1. The number of amides is 1. The van der Waals surface area contributed by atoms with E-state index in [0.717, 1.165) is 16.9 Å². The molecule has 1 atom stereocenters. The molecule has 0 aliphatic rings. The van der Waals surface area contributed by atoms with Crippen LogP contribution in [-0.4, -0.2) is 23.0 Å². The van der Waals surface area contributed by atoms with Gasteiger partial charge in [-0.15, -0.1) is 0 Å². The SMILES string of the molecule is COc1ccc([C@@H](NC(=O)c2cc(=O)cc(C)[nH]2)c2ccncc2)cc1. The lowest BCUT2D eigenvalue weighted by atomic mass is 9.99. The average Bonchev–Trinajstić information content (AvgIpc) is 2.66. The third kappa shape index (κ3) is 3.97. The maximum atomic E-state index is 12.7. The summed E-state index contributed by atoms with van der Waals surface area (Å²) in [4.78, 5) is 31.4. The number of aromatic nitrogens is 2. The molecule has 0 spiro atoms. The molecule has 6 nitrogen and oxygen atoms in total. The van der Waals surface area contributed by atoms with Crippen molar-refractivity contribution in [2.24, 2.45) is 0 Å². The number of nitrogens with one attached hydrogen (secondary N) is 2. The fourth-order valence-corrected chi connectivity index (χ4v) is 2.72. The predicted octanol–water partition coefficient (Wildman–Crippen LogP) is 2.61. The average molecular weight is 349 g/mol. The summed E-state index contributed by atoms with van der Waals surface area (Å²) in [6.07, 6.45) is 3.35. The van der Waals surface area contributed by atoms with Gasteiger partial charge in [-0.2, -0.15) is 0 Å². The Labute approximate surface area is 150 Å². The summed E-state index contributed by atoms with van der Waals surface area (Å²) in [5.74, 6) is 0.375. The Morgan fingerprint density at radius 2 is 1.73 bits per heavy atom. The Bertz CT molecular complexity index is 950. The molecule has 0 saturated carbocycles. The smallest absolute Gasteiger partial charge is 0.268 e. The normalized spacial score (nSPS) is 11.6. The standard InChI is InChI=1S/C20H19N3O3/c1-13-11-16(24)12-18(22-13)20(25)23-19(15-7-9-21-10-8-15)14-3-5-17(26-2)6-4-14/h3-12,19H,1-2H3,(H,22,24)(H,23,25)/t19-/m1/s1. The minimum absolute atomic E-state index is 0.212. The van der Waals surface area contributed by atoms with Crippen molar-refractivity contribution in [1.29, 1.82) is 0 Å². The highest BCUT2D eigenvalue weighted by atomic mass is 16.5. The first-order valence-corrected chi connectivity index (χ1v) is 8.12. The quantitative estimate of drug-likeness (QED) is 0.742. The van der Waals surface area contributed by atoms with Gasteiger partial charge in [0.05, 0.1) is 13.2 Å². The highest BCUT2D eigenvalue weighted by Crippen LogP contribution is 2.24. The van der Waals surface area contributed by atoms with Gasteiger partial charge in [0.2, 0.25) is 0 Å². The summed E-state index contributed by atoms with van der Waals surface area (Å²) in [7, 11) is 1.60. The zero-order valence-electron chi connectivity index (χ0n) is 14.5. The third-order valence-corrected chi connectivity index (χ3v) is 3.99. The van der Waals surface area contributed by atoms with Crippen LogP contribution in [0, 0.1) is 6.92 Å². The number of H-pyrrole nitrogens is 1. The van der Waals surface area contributed by atoms with E-state index in [4.69, 9.17) is 4.74 Å². The number of nitrogens with zero attached hydrogens (tertiary/aromatic N) is 1. The number of rotatable bonds is 5. The molecule has 3 rings (SSSR count). The van der Waals surface area contributed by atoms with Crippen molar-refractivity contribution in [3.8, 4) is 5.75 Å². The van der Waals surface area contributed by atoms with Crippen LogP contribution in [0.3, 0.4) is 0 Å². The molecule has 0 unspecified atom stereocenters. The van der Waals surface area contributed by atoms with Crippen LogP contribution < -0.4 is 15.5 Å². The Morgan fingerprint density at radius 1 is 1.08 bits per heavy atom. The van der Waals surface area contributed by atoms with Crippen LogP contribution in [0.15, 0.2) is 65.7 Å². The molecule has 132 valence electrons. The van der Waals surface area contributed by atoms with Crippen LogP contribution in [0.25, 0.3) is 0 Å². The highest BCUT2D eigenvalue weighted by molar-refractivity contribution is 5.92. The van der Waals surface area contributed by atoms with Crippen LogP contribution in [0.5, 0.6) is 5.75 Å². The van der Waals surface area contributed by atoms with E-state index in [9.17, 15) is 9.59 Å². The second-order valence-electron chi connectivity index (χ2n) is 5.87. The summed E-state index contributed by atoms with van der Waals surface area (Å²) < 4.78 is 5.19. The lowest BCUT2D eigenvalue weighted by Gasteiger charge is -2.20. The fourth-order valence-electron chi connectivity index (χ4n) is 2.72. The third-order valence-electron chi connectivity index (χ3n) is 3.99. The minimum atomic E-state index is -0.388. The summed E-state index contributed by atoms with van der Waals surface area (Å²) >= 11 is 0. The molecular formula is C20H19N3O3. The van der Waals surface area contributed by atoms with Gasteiger partial charge in [-0.1, -0.05) is 12.1 Å². The number of aromatic amines is 1. The van der Waals surface area contributed by atoms with Gasteiger partial charge in [-0.05, 0) is 42.3 Å². The number of carbonyl (C=O) groups excluding carboxylic acids is 1. The van der Waals surface area contributed by atoms with Gasteiger partial charge in [-0.3, -0.25) is 14.6 Å². The molecule has 0 aliphatic heterocycles. The van der Waals surface area contributed by atoms with E-state index in [1.807, 2.05) is 36.4 Å². The van der Waals surface area contributed by atoms with E-state index in [1.54, 1.807) is 26.4 Å². The van der Waals surface area contributed by atoms with Crippen molar-refractivity contribution in [3.63, 3.8) is 0 Å². The monoisotopic (exact) mass is 349 g/mol. The molecule has 0 radical (unpaired) electrons. The molecule has 2 heterocycles. The van der Waals surface area contributed by atoms with Gasteiger partial charge < -0.3 is 15.0 Å². The first-order chi connectivity index (χ1) is 12.6. The van der Waals surface area contributed by atoms with Crippen molar-refractivity contribution >= 4 is 5.91 Å². The van der Waals surface area contributed by atoms with Gasteiger partial charge in [0.15, 0.2) is 5.43 Å². The van der Waals surface area contributed by atoms with Gasteiger partial charge in [0, 0.05) is 30.2 Å². The topological polar surface area (TPSA) is 84.1 Å². The van der Waals surface area contributed by atoms with Crippen LogP contribution in [0.2, 0.25) is 0 Å². The number of hydrogen-bond donors (Lipinski definition) is 2. The van der Waals surface area contributed by atoms with Crippen molar-refractivity contribution in [1.82, 2.24) is 15.3 Å². The molecule has 1 amide bonds. The molecule has 2 N–H and O–H groups in total. The summed E-state index contributed by atoms with van der Waals surface area (Å²) in [5, 5.41) is 2.98. The maximum absolute atomic E-state index is 12.7. The highest BCUT2D eigenvalue weighted by Gasteiger charge is 2.18. The van der Waals surface area contributed by atoms with Gasteiger partial charge in [0.25, 0.3) is 5.91 Å². The predicted molar refractivity (Wildman–Crippen MR) is 98.3 cm³/mol. The van der Waals surface area contributed by atoms with E-state index in [0.29, 0.717) is 5.69 Å². The number of hydrogen-bond acceptors (Lipinski definition) is 4. The molecule has 3 aromatic rings. The van der Waals surface area contributed by atoms with E-state index < -0.39 is 0 Å². The van der Waals surface area contributed by atoms with E-state index in [2.05, 4.69) is 15.3 Å². The number of aryl methyl sites for hydroxylation is 1. The molecule has 26 heavy (non-hydrogen) atoms. The molecular weight excluding hydrogens is 330 g/mol. The van der Waals surface area contributed by atoms with E-state index >= 15 is 0 Å². The van der Waals surface area contributed by atoms with Crippen molar-refractivity contribution < 1.29 is 9.53 Å². The first kappa shape index (κ1) is 17.4. The maximum Gasteiger partial charge on any atom is 0.268 e. The Hall–Kier alpha value is -3.41. The summed E-state index contributed by atoms with van der Waals surface area (Å²) in [5.41, 5.74) is 2.42. The molecule has 0 fully saturated rings. The number of pyridine rings is 2. The van der Waals surface area contributed by atoms with Crippen LogP contribution in [0.1, 0.15) is 33.4 Å². The largest absolute Gasteiger partial charge is 0.497 e. The van der Waals surface area contributed by atoms with Crippen molar-refractivity contribution in [2.75, 3.05) is 7.11 Å². The molecule has 2 aromatic heterocycles. The van der Waals surface area contributed by atoms with Crippen LogP contribution >= 0.6 is 0 Å². The Morgan fingerprint density at radius 3 is 2.35 bits per heavy atom. The van der Waals surface area contributed by atoms with Crippen molar-refractivity contribution in [3.05, 3.63) is 93.7 Å². The number of ether oxygens (including phenoxy) is 1. The molecule has 0 aliphatic carbocycles. The van der Waals surface area contributed by atoms with E-state index in [-0.39, 0.29) is 23.1 Å². The minimum Gasteiger partial charge on any atom is -0.497 e. The lowest BCUT2D eigenvalue weighted by molar-refractivity contribution is 0.0937. The second-order valence-corrected chi connectivity index (χ2v) is 5.87. The summed E-state index contributed by atoms with van der Waals surface area (Å²) in [6.45, 7) is 1.74. The van der Waals surface area contributed by atoms with Gasteiger partial charge >= 0.3 is 0 Å². The molecule has 1 aromatic carbocycles. The number of methoxy groups -OCH3 is 1. The van der Waals surface area contributed by atoms with Crippen molar-refractivity contribution in [2.45, 2.75) is 13.0 Å². The van der Waals surface area contributed by atoms with Crippen LogP contribution in [-0.2, 0) is 0 Å². The zero-order chi connectivity index (χ0) is 18.5. The fraction of sp³-hybridized carbons (Fsp3) is 0.150. The zero-order valence-corrected chi connectivity index (χ0v) is 14.5. The second kappa shape index (κ2) is 7.65. The van der Waals surface area contributed by atoms with Gasteiger partial charge in [-0.25, -0.2) is 0 Å². The summed E-state index contributed by atoms with van der Waals surface area (Å²) in [6, 6.07) is 13.5. The molecule has 0 bridgehead atoms. The van der Waals surface area contributed by atoms with E-state index in [1.165, 1.54) is 12.1 Å². The first-order valence-electron chi connectivity index (χ1n) is 8.12. The molecule has 0 saturated heterocycles. The van der Waals surface area contributed by atoms with Gasteiger partial charge in [0.1, 0.15) is 11.4 Å². The van der Waals surface area contributed by atoms with Crippen LogP contribution in [0.4, 0.5) is 0 Å². The lowest BCUT2D eigenvalue weighted by Crippen LogP contribution is -2.30.